The number of nitrogens with one attached hydrogen (secondary N) is 1. The molecule has 26 heavy (non-hydrogen) atoms. The quantitative estimate of drug-likeness (QED) is 0.853. The zero-order chi connectivity index (χ0) is 18.1. The third-order valence-electron chi connectivity index (χ3n) is 4.92. The lowest BCUT2D eigenvalue weighted by atomic mass is 10.1. The minimum atomic E-state index is -3.67. The standard InChI is InChI=1S/C17H21ClN4O3S/c18-16-4-2-1-3-15(16)17-10-19-6-7-22(17)26(23,24)14-9-20-21(11-14)13-5-8-25-12-13/h1-4,9,11,13,17,19H,5-8,10,12H2. The number of rotatable bonds is 4. The molecular formula is C17H21ClN4O3S. The van der Waals surface area contributed by atoms with E-state index in [0.29, 0.717) is 37.9 Å². The van der Waals surface area contributed by atoms with E-state index in [2.05, 4.69) is 10.4 Å². The van der Waals surface area contributed by atoms with Gasteiger partial charge in [0, 0.05) is 37.5 Å². The van der Waals surface area contributed by atoms with Gasteiger partial charge in [-0.1, -0.05) is 29.8 Å². The Morgan fingerprint density at radius 1 is 1.31 bits per heavy atom. The lowest BCUT2D eigenvalue weighted by Crippen LogP contribution is -2.48. The van der Waals surface area contributed by atoms with E-state index in [1.165, 1.54) is 10.5 Å². The molecule has 0 radical (unpaired) electrons. The van der Waals surface area contributed by atoms with E-state index in [-0.39, 0.29) is 17.0 Å². The Morgan fingerprint density at radius 3 is 2.92 bits per heavy atom. The lowest BCUT2D eigenvalue weighted by molar-refractivity contribution is 0.184. The van der Waals surface area contributed by atoms with Crippen LogP contribution >= 0.6 is 11.6 Å². The fourth-order valence-corrected chi connectivity index (χ4v) is 5.31. The van der Waals surface area contributed by atoms with Crippen LogP contribution in [-0.2, 0) is 14.8 Å². The van der Waals surface area contributed by atoms with Crippen molar-refractivity contribution in [1.82, 2.24) is 19.4 Å². The molecule has 9 heteroatoms. The first-order chi connectivity index (χ1) is 12.6. The van der Waals surface area contributed by atoms with Gasteiger partial charge in [0.05, 0.1) is 24.9 Å². The average Bonchev–Trinajstić information content (AvgIpc) is 3.34. The van der Waals surface area contributed by atoms with Crippen LogP contribution in [0.4, 0.5) is 0 Å². The highest BCUT2D eigenvalue weighted by atomic mass is 35.5. The minimum absolute atomic E-state index is 0.0985. The molecule has 2 atom stereocenters. The average molecular weight is 397 g/mol. The molecule has 0 aliphatic carbocycles. The van der Waals surface area contributed by atoms with Gasteiger partial charge in [-0.3, -0.25) is 4.68 Å². The molecule has 0 bridgehead atoms. The number of aromatic nitrogens is 2. The van der Waals surface area contributed by atoms with Gasteiger partial charge in [0.15, 0.2) is 0 Å². The highest BCUT2D eigenvalue weighted by molar-refractivity contribution is 7.89. The molecule has 2 aliphatic rings. The molecule has 4 rings (SSSR count). The number of sulfonamides is 1. The molecule has 0 amide bonds. The molecule has 2 aromatic rings. The van der Waals surface area contributed by atoms with Crippen LogP contribution in [0, 0.1) is 0 Å². The largest absolute Gasteiger partial charge is 0.379 e. The Bertz CT molecular complexity index is 880. The number of nitrogens with zero attached hydrogens (tertiary/aromatic N) is 3. The van der Waals surface area contributed by atoms with Crippen molar-refractivity contribution in [2.75, 3.05) is 32.8 Å². The number of benzene rings is 1. The van der Waals surface area contributed by atoms with Crippen LogP contribution in [0.2, 0.25) is 5.02 Å². The van der Waals surface area contributed by atoms with Gasteiger partial charge >= 0.3 is 0 Å². The third kappa shape index (κ3) is 3.27. The molecule has 2 saturated heterocycles. The Labute approximate surface area is 157 Å². The molecule has 2 aliphatic heterocycles. The third-order valence-corrected chi connectivity index (χ3v) is 7.13. The molecule has 0 spiro atoms. The van der Waals surface area contributed by atoms with Crippen molar-refractivity contribution in [1.29, 1.82) is 0 Å². The van der Waals surface area contributed by atoms with Crippen molar-refractivity contribution >= 4 is 21.6 Å². The van der Waals surface area contributed by atoms with Crippen molar-refractivity contribution in [2.24, 2.45) is 0 Å². The second-order valence-corrected chi connectivity index (χ2v) is 8.83. The summed E-state index contributed by atoms with van der Waals surface area (Å²) < 4.78 is 35.2. The summed E-state index contributed by atoms with van der Waals surface area (Å²) in [6.07, 6.45) is 3.89. The fourth-order valence-electron chi connectivity index (χ4n) is 3.50. The molecule has 3 heterocycles. The van der Waals surface area contributed by atoms with Gasteiger partial charge in [-0.25, -0.2) is 8.42 Å². The summed E-state index contributed by atoms with van der Waals surface area (Å²) >= 11 is 6.33. The molecule has 1 aromatic carbocycles. The number of hydrogen-bond acceptors (Lipinski definition) is 5. The van der Waals surface area contributed by atoms with Crippen LogP contribution in [0.25, 0.3) is 0 Å². The summed E-state index contributed by atoms with van der Waals surface area (Å²) in [5, 5.41) is 8.10. The summed E-state index contributed by atoms with van der Waals surface area (Å²) in [6, 6.07) is 7.13. The van der Waals surface area contributed by atoms with Crippen molar-refractivity contribution in [3.8, 4) is 0 Å². The first-order valence-corrected chi connectivity index (χ1v) is 10.5. The van der Waals surface area contributed by atoms with E-state index in [0.717, 1.165) is 12.0 Å². The first kappa shape index (κ1) is 17.9. The van der Waals surface area contributed by atoms with E-state index < -0.39 is 10.0 Å². The van der Waals surface area contributed by atoms with Gasteiger partial charge in [0.1, 0.15) is 4.90 Å². The predicted molar refractivity (Wildman–Crippen MR) is 97.7 cm³/mol. The second kappa shape index (κ2) is 7.28. The molecule has 140 valence electrons. The van der Waals surface area contributed by atoms with Gasteiger partial charge in [0.25, 0.3) is 0 Å². The number of halogens is 1. The molecule has 2 unspecified atom stereocenters. The fraction of sp³-hybridized carbons (Fsp3) is 0.471. The van der Waals surface area contributed by atoms with Gasteiger partial charge in [-0.05, 0) is 18.1 Å². The zero-order valence-corrected chi connectivity index (χ0v) is 15.8. The molecular weight excluding hydrogens is 376 g/mol. The van der Waals surface area contributed by atoms with Crippen LogP contribution < -0.4 is 5.32 Å². The smallest absolute Gasteiger partial charge is 0.246 e. The Morgan fingerprint density at radius 2 is 2.15 bits per heavy atom. The van der Waals surface area contributed by atoms with Crippen LogP contribution in [0.1, 0.15) is 24.1 Å². The highest BCUT2D eigenvalue weighted by Crippen LogP contribution is 2.33. The van der Waals surface area contributed by atoms with Crippen molar-refractivity contribution in [2.45, 2.75) is 23.4 Å². The van der Waals surface area contributed by atoms with E-state index in [1.807, 2.05) is 18.2 Å². The molecule has 1 aromatic heterocycles. The number of piperazine rings is 1. The van der Waals surface area contributed by atoms with Crippen LogP contribution in [-0.4, -0.2) is 55.4 Å². The Hall–Kier alpha value is -1.45. The van der Waals surface area contributed by atoms with Gasteiger partial charge < -0.3 is 10.1 Å². The highest BCUT2D eigenvalue weighted by Gasteiger charge is 2.36. The first-order valence-electron chi connectivity index (χ1n) is 8.66. The summed E-state index contributed by atoms with van der Waals surface area (Å²) in [5.74, 6) is 0. The number of hydrogen-bond donors (Lipinski definition) is 1. The van der Waals surface area contributed by atoms with Gasteiger partial charge in [0.2, 0.25) is 10.0 Å². The molecule has 0 saturated carbocycles. The zero-order valence-electron chi connectivity index (χ0n) is 14.2. The maximum Gasteiger partial charge on any atom is 0.246 e. The molecule has 2 fully saturated rings. The normalized spacial score (nSPS) is 24.8. The number of ether oxygens (including phenoxy) is 1. The van der Waals surface area contributed by atoms with Crippen molar-refractivity contribution in [3.05, 3.63) is 47.2 Å². The van der Waals surface area contributed by atoms with Gasteiger partial charge in [-0.2, -0.15) is 9.40 Å². The van der Waals surface area contributed by atoms with E-state index in [1.54, 1.807) is 16.9 Å². The van der Waals surface area contributed by atoms with Crippen LogP contribution in [0.15, 0.2) is 41.6 Å². The van der Waals surface area contributed by atoms with Crippen LogP contribution in [0.5, 0.6) is 0 Å². The monoisotopic (exact) mass is 396 g/mol. The summed E-state index contributed by atoms with van der Waals surface area (Å²) in [5.41, 5.74) is 0.807. The van der Waals surface area contributed by atoms with Crippen molar-refractivity contribution < 1.29 is 13.2 Å². The molecule has 1 N–H and O–H groups in total. The van der Waals surface area contributed by atoms with E-state index in [4.69, 9.17) is 16.3 Å². The lowest BCUT2D eigenvalue weighted by Gasteiger charge is -2.35. The summed E-state index contributed by atoms with van der Waals surface area (Å²) in [7, 11) is -3.67. The Kier molecular flexibility index (Phi) is 5.02. The van der Waals surface area contributed by atoms with Crippen molar-refractivity contribution in [3.63, 3.8) is 0 Å². The van der Waals surface area contributed by atoms with Crippen LogP contribution in [0.3, 0.4) is 0 Å². The maximum atomic E-state index is 13.3. The Balaban J connectivity index is 1.66. The van der Waals surface area contributed by atoms with E-state index in [9.17, 15) is 8.42 Å². The predicted octanol–water partition coefficient (Wildman–Crippen LogP) is 1.83. The maximum absolute atomic E-state index is 13.3. The second-order valence-electron chi connectivity index (χ2n) is 6.53. The van der Waals surface area contributed by atoms with E-state index >= 15 is 0 Å². The minimum Gasteiger partial charge on any atom is -0.379 e. The topological polar surface area (TPSA) is 76.5 Å². The SMILES string of the molecule is O=S(=O)(c1cnn(C2CCOC2)c1)N1CCNCC1c1ccccc1Cl. The summed E-state index contributed by atoms with van der Waals surface area (Å²) in [4.78, 5) is 0.211. The summed E-state index contributed by atoms with van der Waals surface area (Å²) in [6.45, 7) is 2.75. The van der Waals surface area contributed by atoms with Gasteiger partial charge in [-0.15, -0.1) is 0 Å². The molecule has 7 nitrogen and oxygen atoms in total.